The molecule has 1 aromatic carbocycles. The van der Waals surface area contributed by atoms with Crippen molar-refractivity contribution in [3.63, 3.8) is 0 Å². The lowest BCUT2D eigenvalue weighted by Crippen LogP contribution is -2.28. The van der Waals surface area contributed by atoms with Crippen molar-refractivity contribution in [3.8, 4) is 5.69 Å². The third-order valence-electron chi connectivity index (χ3n) is 4.52. The molecule has 156 valence electrons. The number of aryl methyl sites for hydroxylation is 2. The van der Waals surface area contributed by atoms with Crippen molar-refractivity contribution in [2.45, 2.75) is 13.8 Å². The van der Waals surface area contributed by atoms with Gasteiger partial charge in [-0.2, -0.15) is 5.10 Å². The first-order valence-electron chi connectivity index (χ1n) is 8.90. The number of pyridine rings is 1. The van der Waals surface area contributed by atoms with Gasteiger partial charge in [0.1, 0.15) is 22.2 Å². The van der Waals surface area contributed by atoms with Gasteiger partial charge in [-0.15, -0.1) is 0 Å². The van der Waals surface area contributed by atoms with Gasteiger partial charge in [-0.25, -0.2) is 24.0 Å². The van der Waals surface area contributed by atoms with E-state index >= 15 is 0 Å². The number of carbonyl (C=O) groups is 1. The molecule has 0 saturated heterocycles. The van der Waals surface area contributed by atoms with E-state index in [1.807, 2.05) is 0 Å². The number of nitrogens with one attached hydrogen (secondary N) is 1. The lowest BCUT2D eigenvalue weighted by atomic mass is 10.1. The molecule has 31 heavy (non-hydrogen) atoms. The largest absolute Gasteiger partial charge is 0.304 e. The van der Waals surface area contributed by atoms with Crippen LogP contribution < -0.4 is 10.7 Å². The van der Waals surface area contributed by atoms with Crippen LogP contribution >= 0.6 is 23.2 Å². The number of benzene rings is 1. The highest BCUT2D eigenvalue weighted by molar-refractivity contribution is 6.30. The Kier molecular flexibility index (Phi) is 5.38. The topological polar surface area (TPSA) is 103 Å². The normalized spacial score (nSPS) is 11.0. The first-order valence-corrected chi connectivity index (χ1v) is 9.66. The predicted molar refractivity (Wildman–Crippen MR) is 115 cm³/mol. The third kappa shape index (κ3) is 3.97. The number of halogens is 3. The van der Waals surface area contributed by atoms with E-state index in [0.717, 1.165) is 16.3 Å². The third-order valence-corrected chi connectivity index (χ3v) is 4.95. The summed E-state index contributed by atoms with van der Waals surface area (Å²) in [6.07, 6.45) is 2.46. The number of nitrogens with zero attached hydrogens (tertiary/aromatic N) is 5. The second kappa shape index (κ2) is 8.01. The Morgan fingerprint density at radius 1 is 1.13 bits per heavy atom. The Morgan fingerprint density at radius 3 is 2.58 bits per heavy atom. The van der Waals surface area contributed by atoms with E-state index in [0.29, 0.717) is 5.69 Å². The van der Waals surface area contributed by atoms with Crippen LogP contribution in [0, 0.1) is 19.7 Å². The van der Waals surface area contributed by atoms with Gasteiger partial charge in [-0.05, 0) is 43.7 Å². The average Bonchev–Trinajstić information content (AvgIpc) is 2.72. The Labute approximate surface area is 184 Å². The first kappa shape index (κ1) is 20.8. The van der Waals surface area contributed by atoms with Crippen LogP contribution in [0.2, 0.25) is 10.2 Å². The zero-order chi connectivity index (χ0) is 22.3. The van der Waals surface area contributed by atoms with E-state index in [2.05, 4.69) is 25.4 Å². The lowest BCUT2D eigenvalue weighted by molar-refractivity contribution is 0.101. The molecule has 0 bridgehead atoms. The number of hydrogen-bond donors (Lipinski definition) is 1. The number of fused-ring (bicyclic) bond motifs is 1. The maximum absolute atomic E-state index is 14.7. The Morgan fingerprint density at radius 2 is 1.90 bits per heavy atom. The fourth-order valence-electron chi connectivity index (χ4n) is 2.87. The molecular weight excluding hydrogens is 446 g/mol. The summed E-state index contributed by atoms with van der Waals surface area (Å²) in [6.45, 7) is 3.53. The second-order valence-corrected chi connectivity index (χ2v) is 7.45. The number of anilines is 1. The van der Waals surface area contributed by atoms with E-state index < -0.39 is 22.8 Å². The van der Waals surface area contributed by atoms with E-state index in [1.54, 1.807) is 19.9 Å². The average molecular weight is 459 g/mol. The maximum atomic E-state index is 14.7. The van der Waals surface area contributed by atoms with Crippen molar-refractivity contribution >= 4 is 46.0 Å². The summed E-state index contributed by atoms with van der Waals surface area (Å²) in [5, 5.41) is 6.90. The van der Waals surface area contributed by atoms with Gasteiger partial charge >= 0.3 is 0 Å². The zero-order valence-electron chi connectivity index (χ0n) is 16.2. The Bertz CT molecular complexity index is 1410. The van der Waals surface area contributed by atoms with Gasteiger partial charge in [0, 0.05) is 10.7 Å². The summed E-state index contributed by atoms with van der Waals surface area (Å²) in [5.74, 6) is -1.47. The van der Waals surface area contributed by atoms with E-state index in [1.165, 1.54) is 24.5 Å². The molecule has 0 fully saturated rings. The van der Waals surface area contributed by atoms with Gasteiger partial charge < -0.3 is 5.32 Å². The van der Waals surface area contributed by atoms with Crippen molar-refractivity contribution in [2.75, 3.05) is 5.32 Å². The summed E-state index contributed by atoms with van der Waals surface area (Å²) in [5.41, 5.74) is 0.383. The number of hydrogen-bond acceptors (Lipinski definition) is 6. The van der Waals surface area contributed by atoms with E-state index in [4.69, 9.17) is 23.2 Å². The molecule has 0 radical (unpaired) electrons. The van der Waals surface area contributed by atoms with Gasteiger partial charge in [0.05, 0.1) is 17.9 Å². The van der Waals surface area contributed by atoms with Crippen LogP contribution in [0.15, 0.2) is 41.5 Å². The molecule has 8 nitrogen and oxygen atoms in total. The predicted octanol–water partition coefficient (Wildman–Crippen LogP) is 3.89. The molecule has 0 spiro atoms. The quantitative estimate of drug-likeness (QED) is 0.499. The van der Waals surface area contributed by atoms with Crippen LogP contribution in [0.3, 0.4) is 0 Å². The van der Waals surface area contributed by atoms with Crippen LogP contribution in [-0.2, 0) is 0 Å². The SMILES string of the molecule is Cc1cc2c(nc1C)c(=O)c(C(=O)Nc1cnc(Cl)cn1)nn2-c1ccc(Cl)cc1F. The minimum absolute atomic E-state index is 0.000197. The fourth-order valence-corrected chi connectivity index (χ4v) is 3.12. The van der Waals surface area contributed by atoms with E-state index in [-0.39, 0.29) is 32.7 Å². The molecule has 1 N–H and O–H groups in total. The maximum Gasteiger partial charge on any atom is 0.281 e. The van der Waals surface area contributed by atoms with Crippen molar-refractivity contribution in [1.82, 2.24) is 24.7 Å². The molecular formula is C20H13Cl2FN6O2. The molecule has 0 aliphatic carbocycles. The monoisotopic (exact) mass is 458 g/mol. The van der Waals surface area contributed by atoms with Crippen molar-refractivity contribution in [3.05, 3.63) is 79.8 Å². The number of aromatic nitrogens is 5. The highest BCUT2D eigenvalue weighted by Gasteiger charge is 2.22. The zero-order valence-corrected chi connectivity index (χ0v) is 17.7. The molecule has 0 aliphatic rings. The molecule has 0 unspecified atom stereocenters. The van der Waals surface area contributed by atoms with Gasteiger partial charge in [0.15, 0.2) is 11.5 Å². The molecule has 11 heteroatoms. The summed E-state index contributed by atoms with van der Waals surface area (Å²) < 4.78 is 15.8. The molecule has 1 amide bonds. The Hall–Kier alpha value is -3.43. The minimum Gasteiger partial charge on any atom is -0.304 e. The van der Waals surface area contributed by atoms with E-state index in [9.17, 15) is 14.0 Å². The summed E-state index contributed by atoms with van der Waals surface area (Å²) >= 11 is 11.6. The molecule has 3 aromatic heterocycles. The van der Waals surface area contributed by atoms with Crippen LogP contribution in [0.25, 0.3) is 16.7 Å². The van der Waals surface area contributed by atoms with Gasteiger partial charge in [0.2, 0.25) is 5.43 Å². The van der Waals surface area contributed by atoms with Gasteiger partial charge in [0.25, 0.3) is 5.91 Å². The standard InChI is InChI=1S/C20H13Cl2FN6O2/c1-9-5-14-17(26-10(9)2)19(30)18(20(31)27-16-8-24-15(22)7-25-16)28-29(14)13-4-3-11(21)6-12(13)23/h3-8H,1-2H3,(H,25,27,31). The minimum atomic E-state index is -0.855. The van der Waals surface area contributed by atoms with Gasteiger partial charge in [-0.3, -0.25) is 9.59 Å². The van der Waals surface area contributed by atoms with Crippen molar-refractivity contribution in [1.29, 1.82) is 0 Å². The number of amides is 1. The molecule has 0 saturated carbocycles. The highest BCUT2D eigenvalue weighted by atomic mass is 35.5. The first-order chi connectivity index (χ1) is 14.7. The van der Waals surface area contributed by atoms with Crippen molar-refractivity contribution in [2.24, 2.45) is 0 Å². The summed E-state index contributed by atoms with van der Waals surface area (Å²) in [4.78, 5) is 37.9. The molecule has 4 aromatic rings. The van der Waals surface area contributed by atoms with Gasteiger partial charge in [-0.1, -0.05) is 23.2 Å². The van der Waals surface area contributed by atoms with Crippen LogP contribution in [0.1, 0.15) is 21.7 Å². The molecule has 3 heterocycles. The molecule has 0 atom stereocenters. The molecule has 4 rings (SSSR count). The van der Waals surface area contributed by atoms with Crippen LogP contribution in [0.4, 0.5) is 10.2 Å². The number of rotatable bonds is 3. The lowest BCUT2D eigenvalue weighted by Gasteiger charge is -2.14. The van der Waals surface area contributed by atoms with Crippen LogP contribution in [0.5, 0.6) is 0 Å². The second-order valence-electron chi connectivity index (χ2n) is 6.62. The van der Waals surface area contributed by atoms with Crippen LogP contribution in [-0.4, -0.2) is 30.6 Å². The Balaban J connectivity index is 1.95. The van der Waals surface area contributed by atoms with Crippen molar-refractivity contribution < 1.29 is 9.18 Å². The summed E-state index contributed by atoms with van der Waals surface area (Å²) in [6, 6.07) is 5.64. The fraction of sp³-hybridized carbons (Fsp3) is 0.100. The highest BCUT2D eigenvalue weighted by Crippen LogP contribution is 2.22. The molecule has 0 aliphatic heterocycles. The summed E-state index contributed by atoms with van der Waals surface area (Å²) in [7, 11) is 0. The number of carbonyl (C=O) groups excluding carboxylic acids is 1. The smallest absolute Gasteiger partial charge is 0.281 e.